The van der Waals surface area contributed by atoms with Gasteiger partial charge in [0.1, 0.15) is 0 Å². The van der Waals surface area contributed by atoms with Crippen molar-refractivity contribution in [2.45, 2.75) is 6.54 Å². The van der Waals surface area contributed by atoms with Crippen LogP contribution in [-0.4, -0.2) is 9.97 Å². The van der Waals surface area contributed by atoms with Gasteiger partial charge in [0.25, 0.3) is 0 Å². The van der Waals surface area contributed by atoms with Gasteiger partial charge in [-0.25, -0.2) is 9.97 Å². The zero-order valence-electron chi connectivity index (χ0n) is 7.58. The first kappa shape index (κ1) is 10.7. The van der Waals surface area contributed by atoms with Gasteiger partial charge >= 0.3 is 0 Å². The Labute approximate surface area is 101 Å². The minimum absolute atomic E-state index is 0.375. The van der Waals surface area contributed by atoms with Gasteiger partial charge in [-0.2, -0.15) is 0 Å². The van der Waals surface area contributed by atoms with Crippen LogP contribution in [0, 0.1) is 0 Å². The molecule has 0 bridgehead atoms. The van der Waals surface area contributed by atoms with Gasteiger partial charge in [0.15, 0.2) is 11.0 Å². The Kier molecular flexibility index (Phi) is 3.41. The Hall–Kier alpha value is -0.840. The molecule has 0 aliphatic rings. The Morgan fingerprint density at radius 2 is 2.00 bits per heavy atom. The second kappa shape index (κ2) is 4.79. The van der Waals surface area contributed by atoms with E-state index in [9.17, 15) is 0 Å². The molecule has 2 rings (SSSR count). The molecule has 0 aliphatic heterocycles. The average molecular weight is 260 g/mol. The third kappa shape index (κ3) is 2.81. The Morgan fingerprint density at radius 1 is 1.20 bits per heavy atom. The number of hydrogen-bond donors (Lipinski definition) is 1. The second-order valence-corrected chi connectivity index (χ2v) is 4.91. The first-order chi connectivity index (χ1) is 7.25. The zero-order chi connectivity index (χ0) is 10.7. The molecule has 0 radical (unpaired) electrons. The van der Waals surface area contributed by atoms with Crippen molar-refractivity contribution >= 4 is 40.4 Å². The number of nitrogens with zero attached hydrogens (tertiary/aromatic N) is 2. The first-order valence-electron chi connectivity index (χ1n) is 4.20. The van der Waals surface area contributed by atoms with Crippen LogP contribution in [0.5, 0.6) is 0 Å². The van der Waals surface area contributed by atoms with Gasteiger partial charge in [-0.3, -0.25) is 0 Å². The average Bonchev–Trinajstić information content (AvgIpc) is 2.63. The highest BCUT2D eigenvalue weighted by molar-refractivity contribution is 7.16. The summed E-state index contributed by atoms with van der Waals surface area (Å²) >= 11 is 13.2. The van der Waals surface area contributed by atoms with Crippen LogP contribution < -0.4 is 5.32 Å². The fraction of sp³-hybridized carbons (Fsp3) is 0.111. The molecule has 0 saturated carbocycles. The predicted molar refractivity (Wildman–Crippen MR) is 63.7 cm³/mol. The van der Waals surface area contributed by atoms with Crippen molar-refractivity contribution in [3.8, 4) is 0 Å². The van der Waals surface area contributed by atoms with Crippen LogP contribution in [0.1, 0.15) is 4.88 Å². The topological polar surface area (TPSA) is 37.8 Å². The molecular weight excluding hydrogens is 253 g/mol. The Morgan fingerprint density at radius 3 is 2.67 bits per heavy atom. The lowest BCUT2D eigenvalue weighted by molar-refractivity contribution is 1.11. The van der Waals surface area contributed by atoms with Crippen molar-refractivity contribution in [3.05, 3.63) is 38.9 Å². The molecule has 0 aromatic carbocycles. The van der Waals surface area contributed by atoms with Gasteiger partial charge in [-0.1, -0.05) is 23.2 Å². The van der Waals surface area contributed by atoms with E-state index in [4.69, 9.17) is 23.2 Å². The number of anilines is 1. The molecule has 6 heteroatoms. The third-order valence-corrected chi connectivity index (χ3v) is 3.22. The molecule has 2 aromatic rings. The largest absolute Gasteiger partial charge is 0.363 e. The van der Waals surface area contributed by atoms with E-state index >= 15 is 0 Å². The maximum absolute atomic E-state index is 5.84. The molecule has 15 heavy (non-hydrogen) atoms. The number of hydrogen-bond acceptors (Lipinski definition) is 4. The fourth-order valence-corrected chi connectivity index (χ4v) is 2.26. The summed E-state index contributed by atoms with van der Waals surface area (Å²) in [6.45, 7) is 0.649. The molecule has 0 spiro atoms. The minimum Gasteiger partial charge on any atom is -0.363 e. The minimum atomic E-state index is 0.375. The number of nitrogens with one attached hydrogen (secondary N) is 1. The molecular formula is C9H7Cl2N3S. The van der Waals surface area contributed by atoms with E-state index in [1.807, 2.05) is 12.1 Å². The smallest absolute Gasteiger partial charge is 0.171 e. The highest BCUT2D eigenvalue weighted by atomic mass is 35.5. The molecule has 0 fully saturated rings. The fourth-order valence-electron chi connectivity index (χ4n) is 1.06. The van der Waals surface area contributed by atoms with E-state index in [1.165, 1.54) is 11.3 Å². The summed E-state index contributed by atoms with van der Waals surface area (Å²) < 4.78 is 0.775. The van der Waals surface area contributed by atoms with E-state index in [0.29, 0.717) is 17.5 Å². The molecule has 0 aliphatic carbocycles. The summed E-state index contributed by atoms with van der Waals surface area (Å²) in [6.07, 6.45) is 3.14. The maximum Gasteiger partial charge on any atom is 0.171 e. The van der Waals surface area contributed by atoms with Crippen LogP contribution >= 0.6 is 34.5 Å². The summed E-state index contributed by atoms with van der Waals surface area (Å²) in [5.74, 6) is 0.587. The van der Waals surface area contributed by atoms with Gasteiger partial charge in [0, 0.05) is 17.3 Å². The van der Waals surface area contributed by atoms with Gasteiger partial charge in [0.05, 0.1) is 10.9 Å². The van der Waals surface area contributed by atoms with Crippen molar-refractivity contribution in [2.24, 2.45) is 0 Å². The molecule has 78 valence electrons. The first-order valence-corrected chi connectivity index (χ1v) is 5.77. The highest BCUT2D eigenvalue weighted by Gasteiger charge is 2.02. The van der Waals surface area contributed by atoms with Gasteiger partial charge in [-0.15, -0.1) is 11.3 Å². The Balaban J connectivity index is 2.02. The molecule has 3 nitrogen and oxygen atoms in total. The molecule has 2 aromatic heterocycles. The number of thiophene rings is 1. The van der Waals surface area contributed by atoms with Crippen molar-refractivity contribution in [3.63, 3.8) is 0 Å². The van der Waals surface area contributed by atoms with E-state index in [0.717, 1.165) is 9.21 Å². The summed E-state index contributed by atoms with van der Waals surface area (Å²) in [5.41, 5.74) is 0. The zero-order valence-corrected chi connectivity index (χ0v) is 9.90. The molecule has 0 atom stereocenters. The van der Waals surface area contributed by atoms with Crippen molar-refractivity contribution in [2.75, 3.05) is 5.32 Å². The summed E-state index contributed by atoms with van der Waals surface area (Å²) in [7, 11) is 0. The van der Waals surface area contributed by atoms with Crippen LogP contribution in [0.3, 0.4) is 0 Å². The predicted octanol–water partition coefficient (Wildman–Crippen LogP) is 3.46. The van der Waals surface area contributed by atoms with Gasteiger partial charge in [-0.05, 0) is 12.1 Å². The van der Waals surface area contributed by atoms with E-state index in [2.05, 4.69) is 15.3 Å². The van der Waals surface area contributed by atoms with Gasteiger partial charge in [0.2, 0.25) is 0 Å². The quantitative estimate of drug-likeness (QED) is 0.918. The standard InChI is InChI=1S/C9H7Cl2N3S/c10-7-2-1-6(15-7)5-14-9-8(11)12-3-4-13-9/h1-4H,5H2,(H,13,14). The van der Waals surface area contributed by atoms with Crippen LogP contribution in [0.25, 0.3) is 0 Å². The molecule has 1 N–H and O–H groups in total. The lowest BCUT2D eigenvalue weighted by Crippen LogP contribution is -2.00. The van der Waals surface area contributed by atoms with E-state index < -0.39 is 0 Å². The van der Waals surface area contributed by atoms with E-state index in [1.54, 1.807) is 12.4 Å². The van der Waals surface area contributed by atoms with Crippen LogP contribution in [0.15, 0.2) is 24.5 Å². The maximum atomic E-state index is 5.84. The molecule has 0 amide bonds. The third-order valence-electron chi connectivity index (χ3n) is 1.71. The van der Waals surface area contributed by atoms with Crippen LogP contribution in [0.4, 0.5) is 5.82 Å². The van der Waals surface area contributed by atoms with Gasteiger partial charge < -0.3 is 5.32 Å². The normalized spacial score (nSPS) is 10.3. The molecule has 2 heterocycles. The summed E-state index contributed by atoms with van der Waals surface area (Å²) in [5, 5.41) is 3.46. The number of aromatic nitrogens is 2. The second-order valence-electron chi connectivity index (χ2n) is 2.76. The van der Waals surface area contributed by atoms with Crippen LogP contribution in [-0.2, 0) is 6.54 Å². The molecule has 0 unspecified atom stereocenters. The van der Waals surface area contributed by atoms with E-state index in [-0.39, 0.29) is 0 Å². The number of halogens is 2. The summed E-state index contributed by atoms with van der Waals surface area (Å²) in [6, 6.07) is 3.83. The Bertz CT molecular complexity index is 458. The van der Waals surface area contributed by atoms with Crippen LogP contribution in [0.2, 0.25) is 9.49 Å². The van der Waals surface area contributed by atoms with Crippen molar-refractivity contribution in [1.82, 2.24) is 9.97 Å². The van der Waals surface area contributed by atoms with Crippen molar-refractivity contribution < 1.29 is 0 Å². The number of rotatable bonds is 3. The monoisotopic (exact) mass is 259 g/mol. The van der Waals surface area contributed by atoms with Crippen molar-refractivity contribution in [1.29, 1.82) is 0 Å². The summed E-state index contributed by atoms with van der Waals surface area (Å²) in [4.78, 5) is 9.11. The molecule has 0 saturated heterocycles. The lowest BCUT2D eigenvalue weighted by atomic mass is 10.4. The SMILES string of the molecule is Clc1ccc(CNc2nccnc2Cl)s1. The highest BCUT2D eigenvalue weighted by Crippen LogP contribution is 2.23. The lowest BCUT2D eigenvalue weighted by Gasteiger charge is -2.03.